The Morgan fingerprint density at radius 1 is 1.32 bits per heavy atom. The number of nitrogens with one attached hydrogen (secondary N) is 2. The van der Waals surface area contributed by atoms with E-state index in [4.69, 9.17) is 0 Å². The average molecular weight is 479 g/mol. The standard InChI is InChI=1S/C18H33N5S.HI/c1-4-19-18(22-14-17-21-13-16(3)24-17)20-9-5-6-10-23-11-7-15(2)8-12-23;/h13,15H,4-12,14H2,1-3H3,(H2,19,20,22);1H. The van der Waals surface area contributed by atoms with Crippen LogP contribution in [0.5, 0.6) is 0 Å². The first-order valence-corrected chi connectivity index (χ1v) is 10.1. The number of guanidine groups is 1. The normalized spacial score (nSPS) is 16.5. The minimum atomic E-state index is 0. The Hall–Kier alpha value is -0.410. The van der Waals surface area contributed by atoms with Crippen LogP contribution < -0.4 is 10.6 Å². The molecule has 0 aromatic carbocycles. The van der Waals surface area contributed by atoms with Gasteiger partial charge in [0.1, 0.15) is 5.01 Å². The summed E-state index contributed by atoms with van der Waals surface area (Å²) in [5.74, 6) is 1.82. The van der Waals surface area contributed by atoms with Gasteiger partial charge in [0.25, 0.3) is 0 Å². The zero-order valence-electron chi connectivity index (χ0n) is 15.9. The molecule has 0 atom stereocenters. The second-order valence-corrected chi connectivity index (χ2v) is 8.04. The number of aryl methyl sites for hydroxylation is 1. The quantitative estimate of drug-likeness (QED) is 0.259. The third-order valence-corrected chi connectivity index (χ3v) is 5.35. The van der Waals surface area contributed by atoms with Gasteiger partial charge < -0.3 is 15.5 Å². The van der Waals surface area contributed by atoms with Gasteiger partial charge in [0.05, 0.1) is 6.54 Å². The molecule has 2 rings (SSSR count). The number of unbranched alkanes of at least 4 members (excludes halogenated alkanes) is 1. The van der Waals surface area contributed by atoms with Crippen LogP contribution in [0.1, 0.15) is 49.4 Å². The van der Waals surface area contributed by atoms with Gasteiger partial charge in [-0.25, -0.2) is 9.98 Å². The summed E-state index contributed by atoms with van der Waals surface area (Å²) in [7, 11) is 0. The first-order valence-electron chi connectivity index (χ1n) is 9.33. The van der Waals surface area contributed by atoms with Crippen LogP contribution in [0, 0.1) is 12.8 Å². The van der Waals surface area contributed by atoms with E-state index in [1.165, 1.54) is 50.2 Å². The van der Waals surface area contributed by atoms with Gasteiger partial charge >= 0.3 is 0 Å². The smallest absolute Gasteiger partial charge is 0.191 e. The van der Waals surface area contributed by atoms with Crippen molar-refractivity contribution in [3.8, 4) is 0 Å². The van der Waals surface area contributed by atoms with Gasteiger partial charge in [0.2, 0.25) is 0 Å². The van der Waals surface area contributed by atoms with Crippen LogP contribution in [-0.4, -0.2) is 48.6 Å². The molecule has 7 heteroatoms. The molecule has 1 aromatic rings. The van der Waals surface area contributed by atoms with E-state index >= 15 is 0 Å². The molecule has 5 nitrogen and oxygen atoms in total. The number of aliphatic imine (C=N–C) groups is 1. The van der Waals surface area contributed by atoms with Gasteiger partial charge in [-0.3, -0.25) is 0 Å². The fourth-order valence-electron chi connectivity index (χ4n) is 2.92. The van der Waals surface area contributed by atoms with E-state index in [1.807, 2.05) is 6.20 Å². The second-order valence-electron chi connectivity index (χ2n) is 6.72. The molecule has 0 bridgehead atoms. The van der Waals surface area contributed by atoms with E-state index < -0.39 is 0 Å². The monoisotopic (exact) mass is 479 g/mol. The molecule has 1 aromatic heterocycles. The molecule has 1 aliphatic rings. The summed E-state index contributed by atoms with van der Waals surface area (Å²) >= 11 is 1.72. The van der Waals surface area contributed by atoms with Crippen molar-refractivity contribution >= 4 is 41.3 Å². The largest absolute Gasteiger partial charge is 0.357 e. The molecule has 1 aliphatic heterocycles. The number of hydrogen-bond acceptors (Lipinski definition) is 4. The maximum Gasteiger partial charge on any atom is 0.191 e. The summed E-state index contributed by atoms with van der Waals surface area (Å²) in [5.41, 5.74) is 0. The highest BCUT2D eigenvalue weighted by molar-refractivity contribution is 14.0. The van der Waals surface area contributed by atoms with Gasteiger partial charge in [-0.15, -0.1) is 35.3 Å². The van der Waals surface area contributed by atoms with E-state index in [1.54, 1.807) is 11.3 Å². The van der Waals surface area contributed by atoms with Gasteiger partial charge in [-0.05, 0) is 65.1 Å². The lowest BCUT2D eigenvalue weighted by Crippen LogP contribution is -2.38. The van der Waals surface area contributed by atoms with Crippen LogP contribution in [0.4, 0.5) is 0 Å². The van der Waals surface area contributed by atoms with Gasteiger partial charge in [0.15, 0.2) is 5.96 Å². The Balaban J connectivity index is 0.00000312. The lowest BCUT2D eigenvalue weighted by Gasteiger charge is -2.30. The first-order chi connectivity index (χ1) is 11.7. The van der Waals surface area contributed by atoms with E-state index in [0.29, 0.717) is 6.54 Å². The number of rotatable bonds is 8. The molecular weight excluding hydrogens is 445 g/mol. The van der Waals surface area contributed by atoms with Crippen LogP contribution in [0.2, 0.25) is 0 Å². The second kappa shape index (κ2) is 12.9. The highest BCUT2D eigenvalue weighted by atomic mass is 127. The molecule has 0 amide bonds. The fraction of sp³-hybridized carbons (Fsp3) is 0.778. The Labute approximate surface area is 174 Å². The minimum Gasteiger partial charge on any atom is -0.357 e. The molecule has 1 fully saturated rings. The third-order valence-electron chi connectivity index (χ3n) is 4.46. The van der Waals surface area contributed by atoms with Crippen molar-refractivity contribution < 1.29 is 0 Å². The van der Waals surface area contributed by atoms with E-state index in [2.05, 4.69) is 46.3 Å². The number of hydrogen-bond donors (Lipinski definition) is 2. The lowest BCUT2D eigenvalue weighted by molar-refractivity contribution is 0.189. The predicted octanol–water partition coefficient (Wildman–Crippen LogP) is 3.64. The highest BCUT2D eigenvalue weighted by Crippen LogP contribution is 2.16. The van der Waals surface area contributed by atoms with Crippen LogP contribution in [0.15, 0.2) is 11.2 Å². The Morgan fingerprint density at radius 3 is 2.72 bits per heavy atom. The van der Waals surface area contributed by atoms with Crippen LogP contribution in [0.3, 0.4) is 0 Å². The predicted molar refractivity (Wildman–Crippen MR) is 119 cm³/mol. The summed E-state index contributed by atoms with van der Waals surface area (Å²) in [5, 5.41) is 7.82. The highest BCUT2D eigenvalue weighted by Gasteiger charge is 2.14. The molecule has 2 heterocycles. The molecule has 2 N–H and O–H groups in total. The summed E-state index contributed by atoms with van der Waals surface area (Å²) in [6.07, 6.45) is 7.09. The van der Waals surface area contributed by atoms with Crippen molar-refractivity contribution in [2.45, 2.75) is 53.0 Å². The Kier molecular flexibility index (Phi) is 11.6. The van der Waals surface area contributed by atoms with Gasteiger partial charge in [-0.1, -0.05) is 6.92 Å². The summed E-state index contributed by atoms with van der Waals surface area (Å²) in [4.78, 5) is 12.8. The Morgan fingerprint density at radius 2 is 2.08 bits per heavy atom. The SMILES string of the molecule is CCNC(=NCc1ncc(C)s1)NCCCCN1CCC(C)CC1.I. The first kappa shape index (κ1) is 22.6. The fourth-order valence-corrected chi connectivity index (χ4v) is 3.63. The van der Waals surface area contributed by atoms with Crippen LogP contribution in [0.25, 0.3) is 0 Å². The molecular formula is C18H34IN5S. The lowest BCUT2D eigenvalue weighted by atomic mass is 9.99. The van der Waals surface area contributed by atoms with E-state index in [-0.39, 0.29) is 24.0 Å². The zero-order chi connectivity index (χ0) is 17.2. The zero-order valence-corrected chi connectivity index (χ0v) is 19.0. The molecule has 0 radical (unpaired) electrons. The number of nitrogens with zero attached hydrogens (tertiary/aromatic N) is 3. The summed E-state index contributed by atoms with van der Waals surface area (Å²) in [6.45, 7) is 12.9. The van der Waals surface area contributed by atoms with Crippen molar-refractivity contribution in [2.24, 2.45) is 10.9 Å². The molecule has 25 heavy (non-hydrogen) atoms. The molecule has 0 aliphatic carbocycles. The number of thiazole rings is 1. The topological polar surface area (TPSA) is 52.6 Å². The van der Waals surface area contributed by atoms with Gasteiger partial charge in [0, 0.05) is 24.2 Å². The number of piperidine rings is 1. The van der Waals surface area contributed by atoms with E-state index in [9.17, 15) is 0 Å². The molecule has 0 spiro atoms. The van der Waals surface area contributed by atoms with Crippen LogP contribution >= 0.6 is 35.3 Å². The number of aromatic nitrogens is 1. The summed E-state index contributed by atoms with van der Waals surface area (Å²) < 4.78 is 0. The van der Waals surface area contributed by atoms with Crippen molar-refractivity contribution in [3.05, 3.63) is 16.1 Å². The van der Waals surface area contributed by atoms with Crippen molar-refractivity contribution in [2.75, 3.05) is 32.7 Å². The molecule has 0 saturated carbocycles. The van der Waals surface area contributed by atoms with Gasteiger partial charge in [-0.2, -0.15) is 0 Å². The molecule has 1 saturated heterocycles. The van der Waals surface area contributed by atoms with E-state index in [0.717, 1.165) is 30.0 Å². The molecule has 0 unspecified atom stereocenters. The van der Waals surface area contributed by atoms with Crippen molar-refractivity contribution in [1.82, 2.24) is 20.5 Å². The van der Waals surface area contributed by atoms with Crippen molar-refractivity contribution in [1.29, 1.82) is 0 Å². The molecule has 144 valence electrons. The Bertz CT molecular complexity index is 497. The average Bonchev–Trinajstić information content (AvgIpc) is 2.99. The third kappa shape index (κ3) is 9.19. The van der Waals surface area contributed by atoms with Crippen molar-refractivity contribution in [3.63, 3.8) is 0 Å². The maximum absolute atomic E-state index is 4.62. The number of likely N-dealkylation sites (tertiary alicyclic amines) is 1. The maximum atomic E-state index is 4.62. The summed E-state index contributed by atoms with van der Waals surface area (Å²) in [6, 6.07) is 0. The minimum absolute atomic E-state index is 0. The van der Waals surface area contributed by atoms with Crippen LogP contribution in [-0.2, 0) is 6.54 Å². The number of halogens is 1.